The first-order valence-electron chi connectivity index (χ1n) is 5.62. The molecule has 0 aliphatic carbocycles. The fourth-order valence-corrected chi connectivity index (χ4v) is 2.47. The quantitative estimate of drug-likeness (QED) is 0.862. The summed E-state index contributed by atoms with van der Waals surface area (Å²) in [7, 11) is 0. The predicted octanol–water partition coefficient (Wildman–Crippen LogP) is 3.82. The van der Waals surface area contributed by atoms with Crippen LogP contribution in [0.1, 0.15) is 25.7 Å². The highest BCUT2D eigenvalue weighted by Crippen LogP contribution is 2.23. The molecule has 0 aliphatic heterocycles. The maximum Gasteiger partial charge on any atom is 0.335 e. The van der Waals surface area contributed by atoms with Crippen LogP contribution in [0.5, 0.6) is 0 Å². The molecule has 94 valence electrons. The van der Waals surface area contributed by atoms with Crippen molar-refractivity contribution in [2.75, 3.05) is 0 Å². The minimum atomic E-state index is -0.970. The number of hydrogen-bond donors (Lipinski definition) is 1. The maximum absolute atomic E-state index is 10.8. The van der Waals surface area contributed by atoms with Gasteiger partial charge >= 0.3 is 5.97 Å². The first-order valence-corrected chi connectivity index (χ1v) is 6.44. The highest BCUT2D eigenvalue weighted by atomic mass is 32.1. The second-order valence-corrected chi connectivity index (χ2v) is 5.32. The molecule has 3 nitrogen and oxygen atoms in total. The third kappa shape index (κ3) is 3.09. The largest absolute Gasteiger partial charge is 0.478 e. The van der Waals surface area contributed by atoms with Crippen LogP contribution in [0.3, 0.4) is 0 Å². The van der Waals surface area contributed by atoms with Gasteiger partial charge in [0, 0.05) is 9.75 Å². The molecule has 0 radical (unpaired) electrons. The summed E-state index contributed by atoms with van der Waals surface area (Å²) < 4.78 is 0. The SMILES string of the molecule is Cc1ccc(C=C(C#N)c2ccc(C(=O)O)cc2)s1. The zero-order chi connectivity index (χ0) is 13.8. The van der Waals surface area contributed by atoms with Crippen molar-refractivity contribution in [2.45, 2.75) is 6.92 Å². The number of nitrogens with zero attached hydrogens (tertiary/aromatic N) is 1. The van der Waals surface area contributed by atoms with Crippen molar-refractivity contribution in [1.29, 1.82) is 5.26 Å². The number of hydrogen-bond acceptors (Lipinski definition) is 3. The van der Waals surface area contributed by atoms with Gasteiger partial charge in [-0.25, -0.2) is 4.79 Å². The van der Waals surface area contributed by atoms with Crippen molar-refractivity contribution in [3.05, 3.63) is 57.3 Å². The molecule has 2 rings (SSSR count). The Balaban J connectivity index is 2.35. The Bertz CT molecular complexity index is 675. The smallest absolute Gasteiger partial charge is 0.335 e. The van der Waals surface area contributed by atoms with E-state index in [1.807, 2.05) is 25.1 Å². The summed E-state index contributed by atoms with van der Waals surface area (Å²) in [5, 5.41) is 18.0. The van der Waals surface area contributed by atoms with Crippen LogP contribution in [0, 0.1) is 18.3 Å². The molecule has 0 aliphatic rings. The molecule has 0 saturated heterocycles. The highest BCUT2D eigenvalue weighted by molar-refractivity contribution is 7.12. The molecule has 0 unspecified atom stereocenters. The van der Waals surface area contributed by atoms with Crippen LogP contribution in [-0.2, 0) is 0 Å². The van der Waals surface area contributed by atoms with Crippen LogP contribution in [0.25, 0.3) is 11.6 Å². The number of carbonyl (C=O) groups is 1. The van der Waals surface area contributed by atoms with Gasteiger partial charge in [0.25, 0.3) is 0 Å². The maximum atomic E-state index is 10.8. The van der Waals surface area contributed by atoms with E-state index in [4.69, 9.17) is 5.11 Å². The minimum Gasteiger partial charge on any atom is -0.478 e. The minimum absolute atomic E-state index is 0.216. The van der Waals surface area contributed by atoms with E-state index in [-0.39, 0.29) is 5.56 Å². The van der Waals surface area contributed by atoms with E-state index in [0.717, 1.165) is 10.4 Å². The number of thiophene rings is 1. The Morgan fingerprint density at radius 2 is 1.84 bits per heavy atom. The second kappa shape index (κ2) is 5.51. The van der Waals surface area contributed by atoms with Crippen LogP contribution in [0.2, 0.25) is 0 Å². The third-order valence-corrected chi connectivity index (χ3v) is 3.56. The Labute approximate surface area is 115 Å². The number of rotatable bonds is 3. The summed E-state index contributed by atoms with van der Waals surface area (Å²) in [4.78, 5) is 13.0. The van der Waals surface area contributed by atoms with Crippen molar-refractivity contribution in [1.82, 2.24) is 0 Å². The number of carboxylic acid groups (broad SMARTS) is 1. The number of allylic oxidation sites excluding steroid dienone is 1. The number of aryl methyl sites for hydroxylation is 1. The summed E-state index contributed by atoms with van der Waals surface area (Å²) in [6.45, 7) is 2.01. The predicted molar refractivity (Wildman–Crippen MR) is 75.9 cm³/mol. The first-order chi connectivity index (χ1) is 9.10. The molecule has 0 saturated carbocycles. The highest BCUT2D eigenvalue weighted by Gasteiger charge is 2.05. The Kier molecular flexibility index (Phi) is 3.79. The number of benzene rings is 1. The van der Waals surface area contributed by atoms with E-state index in [2.05, 4.69) is 6.07 Å². The van der Waals surface area contributed by atoms with Crippen LogP contribution in [-0.4, -0.2) is 11.1 Å². The van der Waals surface area contributed by atoms with Crippen LogP contribution in [0.4, 0.5) is 0 Å². The van der Waals surface area contributed by atoms with Gasteiger partial charge in [-0.3, -0.25) is 0 Å². The van der Waals surface area contributed by atoms with Gasteiger partial charge in [-0.2, -0.15) is 5.26 Å². The van der Waals surface area contributed by atoms with E-state index in [0.29, 0.717) is 5.57 Å². The van der Waals surface area contributed by atoms with Crippen molar-refractivity contribution in [2.24, 2.45) is 0 Å². The van der Waals surface area contributed by atoms with Gasteiger partial charge < -0.3 is 5.11 Å². The molecule has 0 amide bonds. The lowest BCUT2D eigenvalue weighted by molar-refractivity contribution is 0.0697. The van der Waals surface area contributed by atoms with Gasteiger partial charge in [-0.1, -0.05) is 12.1 Å². The molecule has 4 heteroatoms. The molecular formula is C15H11NO2S. The standard InChI is InChI=1S/C15H11NO2S/c1-10-2-7-14(19-10)8-13(9-16)11-3-5-12(6-4-11)15(17)18/h2-8H,1H3,(H,17,18). The second-order valence-electron chi connectivity index (χ2n) is 4.00. The molecule has 0 bridgehead atoms. The van der Waals surface area contributed by atoms with E-state index in [9.17, 15) is 10.1 Å². The van der Waals surface area contributed by atoms with E-state index < -0.39 is 5.97 Å². The number of carboxylic acids is 1. The van der Waals surface area contributed by atoms with Crippen molar-refractivity contribution in [3.63, 3.8) is 0 Å². The van der Waals surface area contributed by atoms with E-state index >= 15 is 0 Å². The van der Waals surface area contributed by atoms with Gasteiger partial charge in [0.1, 0.15) is 0 Å². The Morgan fingerprint density at radius 3 is 2.32 bits per heavy atom. The van der Waals surface area contributed by atoms with E-state index in [1.165, 1.54) is 17.0 Å². The molecule has 0 spiro atoms. The fourth-order valence-electron chi connectivity index (χ4n) is 1.65. The van der Waals surface area contributed by atoms with Crippen LogP contribution < -0.4 is 0 Å². The average molecular weight is 269 g/mol. The number of aromatic carboxylic acids is 1. The molecule has 19 heavy (non-hydrogen) atoms. The fraction of sp³-hybridized carbons (Fsp3) is 0.0667. The molecule has 1 aromatic heterocycles. The molecule has 2 aromatic rings. The average Bonchev–Trinajstić information content (AvgIpc) is 2.81. The van der Waals surface area contributed by atoms with Gasteiger partial charge in [0.15, 0.2) is 0 Å². The first kappa shape index (κ1) is 13.1. The lowest BCUT2D eigenvalue weighted by atomic mass is 10.0. The molecule has 0 fully saturated rings. The lowest BCUT2D eigenvalue weighted by Crippen LogP contribution is -1.95. The van der Waals surface area contributed by atoms with Gasteiger partial charge in [-0.05, 0) is 42.8 Å². The third-order valence-electron chi connectivity index (χ3n) is 2.61. The molecule has 0 atom stereocenters. The van der Waals surface area contributed by atoms with Gasteiger partial charge in [-0.15, -0.1) is 11.3 Å². The molecule has 1 N–H and O–H groups in total. The summed E-state index contributed by atoms with van der Waals surface area (Å²) >= 11 is 1.61. The summed E-state index contributed by atoms with van der Waals surface area (Å²) in [6.07, 6.45) is 1.81. The van der Waals surface area contributed by atoms with Gasteiger partial charge in [0.2, 0.25) is 0 Å². The zero-order valence-electron chi connectivity index (χ0n) is 10.3. The Hall–Kier alpha value is -2.38. The van der Waals surface area contributed by atoms with Crippen molar-refractivity contribution in [3.8, 4) is 6.07 Å². The molecular weight excluding hydrogens is 258 g/mol. The normalized spacial score (nSPS) is 11.1. The van der Waals surface area contributed by atoms with Gasteiger partial charge in [0.05, 0.1) is 17.2 Å². The summed E-state index contributed by atoms with van der Waals surface area (Å²) in [6, 6.07) is 12.4. The van der Waals surface area contributed by atoms with E-state index in [1.54, 1.807) is 23.5 Å². The lowest BCUT2D eigenvalue weighted by Gasteiger charge is -1.99. The number of nitriles is 1. The zero-order valence-corrected chi connectivity index (χ0v) is 11.1. The van der Waals surface area contributed by atoms with Crippen LogP contribution >= 0.6 is 11.3 Å². The molecule has 1 aromatic carbocycles. The van der Waals surface area contributed by atoms with Crippen LogP contribution in [0.15, 0.2) is 36.4 Å². The topological polar surface area (TPSA) is 61.1 Å². The summed E-state index contributed by atoms with van der Waals surface area (Å²) in [5.41, 5.74) is 1.46. The van der Waals surface area contributed by atoms with Crippen molar-refractivity contribution >= 4 is 29.0 Å². The van der Waals surface area contributed by atoms with Crippen molar-refractivity contribution < 1.29 is 9.90 Å². The Morgan fingerprint density at radius 1 is 1.21 bits per heavy atom. The monoisotopic (exact) mass is 269 g/mol. The summed E-state index contributed by atoms with van der Waals surface area (Å²) in [5.74, 6) is -0.970. The molecule has 1 heterocycles.